The van der Waals surface area contributed by atoms with E-state index >= 15 is 0 Å². The Morgan fingerprint density at radius 1 is 1.35 bits per heavy atom. The number of rotatable bonds is 5. The van der Waals surface area contributed by atoms with Crippen molar-refractivity contribution in [3.8, 4) is 0 Å². The van der Waals surface area contributed by atoms with Crippen LogP contribution in [-0.4, -0.2) is 34.7 Å². The van der Waals surface area contributed by atoms with Gasteiger partial charge in [-0.1, -0.05) is 19.9 Å². The highest BCUT2D eigenvalue weighted by molar-refractivity contribution is 5.03. The molecule has 0 aliphatic heterocycles. The molecule has 1 fully saturated rings. The first kappa shape index (κ1) is 15.5. The molecule has 0 radical (unpaired) electrons. The van der Waals surface area contributed by atoms with Gasteiger partial charge in [-0.3, -0.25) is 4.98 Å². The van der Waals surface area contributed by atoms with Gasteiger partial charge in [-0.15, -0.1) is 0 Å². The maximum atomic E-state index is 10.2. The van der Waals surface area contributed by atoms with Crippen LogP contribution in [0, 0.1) is 17.8 Å². The molecule has 1 saturated carbocycles. The number of aromatic nitrogens is 1. The molecule has 3 atom stereocenters. The standard InChI is InChI=1S/C17H28N2O/c1-13(2)14-7-8-17(20)15(10-14)11-19(3)12-16-6-4-5-9-18-16/h4-6,9,13-15,17,20H,7-8,10-12H2,1-3H3. The molecule has 1 heterocycles. The van der Waals surface area contributed by atoms with Crippen molar-refractivity contribution in [1.29, 1.82) is 0 Å². The molecule has 0 amide bonds. The van der Waals surface area contributed by atoms with Crippen LogP contribution in [0.15, 0.2) is 24.4 Å². The van der Waals surface area contributed by atoms with Gasteiger partial charge in [0.25, 0.3) is 0 Å². The Hall–Kier alpha value is -0.930. The van der Waals surface area contributed by atoms with Crippen LogP contribution in [-0.2, 0) is 6.54 Å². The van der Waals surface area contributed by atoms with Gasteiger partial charge in [0.2, 0.25) is 0 Å². The summed E-state index contributed by atoms with van der Waals surface area (Å²) in [5.74, 6) is 1.91. The average Bonchev–Trinajstić information content (AvgIpc) is 2.42. The van der Waals surface area contributed by atoms with Crippen LogP contribution < -0.4 is 0 Å². The van der Waals surface area contributed by atoms with E-state index in [-0.39, 0.29) is 6.10 Å². The van der Waals surface area contributed by atoms with Crippen LogP contribution in [0.4, 0.5) is 0 Å². The topological polar surface area (TPSA) is 36.4 Å². The van der Waals surface area contributed by atoms with Gasteiger partial charge in [-0.05, 0) is 56.2 Å². The van der Waals surface area contributed by atoms with Crippen LogP contribution >= 0.6 is 0 Å². The lowest BCUT2D eigenvalue weighted by Crippen LogP contribution is -2.38. The molecule has 2 rings (SSSR count). The predicted molar refractivity (Wildman–Crippen MR) is 82.2 cm³/mol. The number of nitrogens with zero attached hydrogens (tertiary/aromatic N) is 2. The van der Waals surface area contributed by atoms with Crippen molar-refractivity contribution in [1.82, 2.24) is 9.88 Å². The minimum absolute atomic E-state index is 0.129. The molecule has 20 heavy (non-hydrogen) atoms. The van der Waals surface area contributed by atoms with Crippen LogP contribution in [0.2, 0.25) is 0 Å². The van der Waals surface area contributed by atoms with Gasteiger partial charge < -0.3 is 10.0 Å². The highest BCUT2D eigenvalue weighted by Gasteiger charge is 2.31. The largest absolute Gasteiger partial charge is 0.393 e. The van der Waals surface area contributed by atoms with E-state index < -0.39 is 0 Å². The molecule has 0 aromatic carbocycles. The Bertz CT molecular complexity index is 393. The van der Waals surface area contributed by atoms with Crippen molar-refractivity contribution in [3.63, 3.8) is 0 Å². The second-order valence-electron chi connectivity index (χ2n) is 6.66. The SMILES string of the molecule is CC(C)C1CCC(O)C(CN(C)Cc2ccccn2)C1. The summed E-state index contributed by atoms with van der Waals surface area (Å²) in [4.78, 5) is 6.66. The first-order chi connectivity index (χ1) is 9.56. The van der Waals surface area contributed by atoms with Crippen molar-refractivity contribution in [2.75, 3.05) is 13.6 Å². The van der Waals surface area contributed by atoms with Gasteiger partial charge in [0, 0.05) is 19.3 Å². The summed E-state index contributed by atoms with van der Waals surface area (Å²) in [6.45, 7) is 6.42. The first-order valence-electron chi connectivity index (χ1n) is 7.82. The molecule has 3 heteroatoms. The van der Waals surface area contributed by atoms with E-state index in [1.807, 2.05) is 18.3 Å². The van der Waals surface area contributed by atoms with Gasteiger partial charge in [0.05, 0.1) is 11.8 Å². The van der Waals surface area contributed by atoms with E-state index in [4.69, 9.17) is 0 Å². The van der Waals surface area contributed by atoms with E-state index in [0.717, 1.165) is 43.5 Å². The predicted octanol–water partition coefficient (Wildman–Crippen LogP) is 2.95. The van der Waals surface area contributed by atoms with Crippen molar-refractivity contribution < 1.29 is 5.11 Å². The van der Waals surface area contributed by atoms with Crippen LogP contribution in [0.5, 0.6) is 0 Å². The third kappa shape index (κ3) is 4.29. The van der Waals surface area contributed by atoms with Crippen molar-refractivity contribution in [2.45, 2.75) is 45.8 Å². The van der Waals surface area contributed by atoms with Crippen LogP contribution in [0.1, 0.15) is 38.8 Å². The zero-order valence-corrected chi connectivity index (χ0v) is 13.0. The van der Waals surface area contributed by atoms with Crippen molar-refractivity contribution >= 4 is 0 Å². The number of hydrogen-bond donors (Lipinski definition) is 1. The molecular weight excluding hydrogens is 248 g/mol. The Balaban J connectivity index is 1.87. The Morgan fingerprint density at radius 3 is 2.80 bits per heavy atom. The average molecular weight is 276 g/mol. The number of hydrogen-bond acceptors (Lipinski definition) is 3. The molecule has 112 valence electrons. The number of aliphatic hydroxyl groups is 1. The van der Waals surface area contributed by atoms with E-state index in [0.29, 0.717) is 5.92 Å². The molecule has 1 N–H and O–H groups in total. The maximum absolute atomic E-state index is 10.2. The quantitative estimate of drug-likeness (QED) is 0.898. The van der Waals surface area contributed by atoms with Gasteiger partial charge in [0.1, 0.15) is 0 Å². The first-order valence-corrected chi connectivity index (χ1v) is 7.82. The minimum atomic E-state index is -0.129. The summed E-state index contributed by atoms with van der Waals surface area (Å²) in [6.07, 6.45) is 5.01. The second kappa shape index (κ2) is 7.19. The van der Waals surface area contributed by atoms with Crippen molar-refractivity contribution in [3.05, 3.63) is 30.1 Å². The summed E-state index contributed by atoms with van der Waals surface area (Å²) >= 11 is 0. The lowest BCUT2D eigenvalue weighted by Gasteiger charge is -2.37. The lowest BCUT2D eigenvalue weighted by molar-refractivity contribution is 0.0212. The van der Waals surface area contributed by atoms with Gasteiger partial charge in [-0.25, -0.2) is 0 Å². The number of aliphatic hydroxyl groups excluding tert-OH is 1. The Morgan fingerprint density at radius 2 is 2.15 bits per heavy atom. The van der Waals surface area contributed by atoms with Gasteiger partial charge in [-0.2, -0.15) is 0 Å². The summed E-state index contributed by atoms with van der Waals surface area (Å²) in [7, 11) is 2.13. The highest BCUT2D eigenvalue weighted by Crippen LogP contribution is 2.34. The van der Waals surface area contributed by atoms with Crippen molar-refractivity contribution in [2.24, 2.45) is 17.8 Å². The fourth-order valence-electron chi connectivity index (χ4n) is 3.32. The molecule has 1 aromatic heterocycles. The zero-order chi connectivity index (χ0) is 14.5. The Labute approximate surface area is 123 Å². The molecule has 0 bridgehead atoms. The van der Waals surface area contributed by atoms with E-state index in [1.165, 1.54) is 6.42 Å². The molecule has 3 unspecified atom stereocenters. The van der Waals surface area contributed by atoms with Crippen LogP contribution in [0.3, 0.4) is 0 Å². The van der Waals surface area contributed by atoms with E-state index in [1.54, 1.807) is 0 Å². The fraction of sp³-hybridized carbons (Fsp3) is 0.706. The summed E-state index contributed by atoms with van der Waals surface area (Å²) < 4.78 is 0. The fourth-order valence-corrected chi connectivity index (χ4v) is 3.32. The molecule has 3 nitrogen and oxygen atoms in total. The highest BCUT2D eigenvalue weighted by atomic mass is 16.3. The summed E-state index contributed by atoms with van der Waals surface area (Å²) in [6, 6.07) is 6.03. The molecule has 0 spiro atoms. The van der Waals surface area contributed by atoms with E-state index in [2.05, 4.69) is 36.8 Å². The third-order valence-electron chi connectivity index (χ3n) is 4.63. The molecule has 1 aliphatic carbocycles. The molecule has 1 aromatic rings. The van der Waals surface area contributed by atoms with Crippen LogP contribution in [0.25, 0.3) is 0 Å². The monoisotopic (exact) mass is 276 g/mol. The zero-order valence-electron chi connectivity index (χ0n) is 13.0. The third-order valence-corrected chi connectivity index (χ3v) is 4.63. The Kier molecular flexibility index (Phi) is 5.55. The van der Waals surface area contributed by atoms with Gasteiger partial charge in [0.15, 0.2) is 0 Å². The second-order valence-corrected chi connectivity index (χ2v) is 6.66. The number of pyridine rings is 1. The molecule has 0 saturated heterocycles. The maximum Gasteiger partial charge on any atom is 0.0580 e. The normalized spacial score (nSPS) is 27.2. The summed E-state index contributed by atoms with van der Waals surface area (Å²) in [5, 5.41) is 10.2. The molecular formula is C17H28N2O. The van der Waals surface area contributed by atoms with E-state index in [9.17, 15) is 5.11 Å². The smallest absolute Gasteiger partial charge is 0.0580 e. The van der Waals surface area contributed by atoms with Gasteiger partial charge >= 0.3 is 0 Å². The summed E-state index contributed by atoms with van der Waals surface area (Å²) in [5.41, 5.74) is 1.10. The lowest BCUT2D eigenvalue weighted by atomic mass is 9.74. The minimum Gasteiger partial charge on any atom is -0.393 e. The molecule has 1 aliphatic rings.